The molecule has 7 aromatic heterocycles. The molecule has 0 bridgehead atoms. The summed E-state index contributed by atoms with van der Waals surface area (Å²) in [5, 5.41) is 4.22. The van der Waals surface area contributed by atoms with Crippen molar-refractivity contribution in [2.75, 3.05) is 0 Å². The summed E-state index contributed by atoms with van der Waals surface area (Å²) in [6.07, 6.45) is 0. The van der Waals surface area contributed by atoms with Gasteiger partial charge in [-0.3, -0.25) is 17.6 Å². The smallest absolute Gasteiger partial charge is 0.221 e. The molecule has 0 saturated carbocycles. The van der Waals surface area contributed by atoms with Crippen LogP contribution in [0.3, 0.4) is 0 Å². The predicted octanol–water partition coefficient (Wildman–Crippen LogP) is 10.8. The SMILES string of the molecule is c1ccc2c(c1)nc1n2c2cc3c(cc2c2nc4ccc(-c5cccc6c5nc5n6c6ccccc6c6nc7ccccc7n65)cc4n21)oc1ccccc13. The minimum Gasteiger partial charge on any atom is -0.456 e. The number of para-hydroxylation sites is 7. The maximum Gasteiger partial charge on any atom is 0.221 e. The second kappa shape index (κ2) is 9.60. The van der Waals surface area contributed by atoms with Gasteiger partial charge in [-0.05, 0) is 78.4 Å². The van der Waals surface area contributed by atoms with Crippen LogP contribution in [0.1, 0.15) is 0 Å². The lowest BCUT2D eigenvalue weighted by Crippen LogP contribution is -1.98. The van der Waals surface area contributed by atoms with E-state index in [9.17, 15) is 0 Å². The molecule has 9 heteroatoms. The number of furan rings is 1. The van der Waals surface area contributed by atoms with Gasteiger partial charge in [-0.25, -0.2) is 19.9 Å². The van der Waals surface area contributed by atoms with Crippen LogP contribution in [0.4, 0.5) is 0 Å². The molecule has 7 heterocycles. The molecule has 0 fully saturated rings. The van der Waals surface area contributed by atoms with Crippen molar-refractivity contribution in [1.82, 2.24) is 37.5 Å². The number of rotatable bonds is 1. The number of aromatic nitrogens is 8. The first kappa shape index (κ1) is 27.8. The number of hydrogen-bond acceptors (Lipinski definition) is 5. The Balaban J connectivity index is 1.10. The number of hydrogen-bond donors (Lipinski definition) is 0. The van der Waals surface area contributed by atoms with E-state index in [0.717, 1.165) is 122 Å². The van der Waals surface area contributed by atoms with Crippen molar-refractivity contribution in [3.05, 3.63) is 146 Å². The second-order valence-electron chi connectivity index (χ2n) is 14.4. The third-order valence-electron chi connectivity index (χ3n) is 11.5. The molecule has 0 unspecified atom stereocenters. The molecule has 0 aliphatic heterocycles. The van der Waals surface area contributed by atoms with Gasteiger partial charge in [0.25, 0.3) is 0 Å². The van der Waals surface area contributed by atoms with Crippen LogP contribution in [0.2, 0.25) is 0 Å². The Hall–Kier alpha value is -7.78. The van der Waals surface area contributed by atoms with E-state index in [0.29, 0.717) is 0 Å². The van der Waals surface area contributed by atoms with E-state index in [1.165, 1.54) is 0 Å². The molecule has 0 N–H and O–H groups in total. The van der Waals surface area contributed by atoms with Gasteiger partial charge < -0.3 is 4.42 Å². The summed E-state index contributed by atoms with van der Waals surface area (Å²) in [7, 11) is 0. The standard InChI is InChI=1S/C46H24N8O/c1-5-15-34-28(11-1)43-47-31-13-3-7-17-36(31)53(43)46-50-42-26(12-9-18-37(42)51(34)46)25-20-21-33-39(22-25)54-44(48-33)30-24-41-29(27-10-2-8-19-40(27)55-41)23-38(30)52-35-16-6-4-14-32(35)49-45(52)54/h1-24H. The maximum atomic E-state index is 6.40. The molecule has 254 valence electrons. The van der Waals surface area contributed by atoms with Crippen molar-refractivity contribution in [2.24, 2.45) is 0 Å². The van der Waals surface area contributed by atoms with Crippen LogP contribution in [0.5, 0.6) is 0 Å². The largest absolute Gasteiger partial charge is 0.456 e. The Bertz CT molecular complexity index is 4030. The molecule has 0 atom stereocenters. The minimum atomic E-state index is 0.808. The highest BCUT2D eigenvalue weighted by molar-refractivity contribution is 6.13. The Kier molecular flexibility index (Phi) is 4.86. The Labute approximate surface area is 308 Å². The summed E-state index contributed by atoms with van der Waals surface area (Å²) in [6, 6.07) is 50.6. The maximum absolute atomic E-state index is 6.40. The second-order valence-corrected chi connectivity index (χ2v) is 14.4. The molecule has 0 aliphatic rings. The lowest BCUT2D eigenvalue weighted by atomic mass is 10.0. The van der Waals surface area contributed by atoms with Gasteiger partial charge in [-0.1, -0.05) is 72.8 Å². The topological polar surface area (TPSA) is 82.3 Å². The van der Waals surface area contributed by atoms with Crippen molar-refractivity contribution >= 4 is 111 Å². The van der Waals surface area contributed by atoms with Crippen LogP contribution >= 0.6 is 0 Å². The molecular weight excluding hydrogens is 681 g/mol. The normalized spacial score (nSPS) is 12.7. The fourth-order valence-electron chi connectivity index (χ4n) is 9.12. The van der Waals surface area contributed by atoms with E-state index < -0.39 is 0 Å². The highest BCUT2D eigenvalue weighted by Crippen LogP contribution is 2.39. The molecule has 0 aliphatic carbocycles. The van der Waals surface area contributed by atoms with Crippen LogP contribution in [0.25, 0.3) is 122 Å². The van der Waals surface area contributed by atoms with Crippen LogP contribution in [0.15, 0.2) is 150 Å². The lowest BCUT2D eigenvalue weighted by Gasteiger charge is -2.08. The Morgan fingerprint density at radius 2 is 1.00 bits per heavy atom. The molecule has 9 nitrogen and oxygen atoms in total. The van der Waals surface area contributed by atoms with Gasteiger partial charge in [0.05, 0.1) is 55.2 Å². The predicted molar refractivity (Wildman–Crippen MR) is 219 cm³/mol. The molecule has 0 spiro atoms. The van der Waals surface area contributed by atoms with Crippen molar-refractivity contribution in [3.8, 4) is 11.1 Å². The zero-order valence-electron chi connectivity index (χ0n) is 28.8. The number of benzene rings is 7. The molecule has 14 aromatic rings. The van der Waals surface area contributed by atoms with E-state index in [1.54, 1.807) is 0 Å². The van der Waals surface area contributed by atoms with E-state index in [-0.39, 0.29) is 0 Å². The quantitative estimate of drug-likeness (QED) is 0.170. The summed E-state index contributed by atoms with van der Waals surface area (Å²) < 4.78 is 15.3. The van der Waals surface area contributed by atoms with Crippen LogP contribution in [0, 0.1) is 0 Å². The van der Waals surface area contributed by atoms with E-state index in [2.05, 4.69) is 139 Å². The van der Waals surface area contributed by atoms with Crippen LogP contribution in [-0.4, -0.2) is 37.5 Å². The minimum absolute atomic E-state index is 0.808. The van der Waals surface area contributed by atoms with Crippen molar-refractivity contribution in [2.45, 2.75) is 0 Å². The van der Waals surface area contributed by atoms with Gasteiger partial charge in [0.1, 0.15) is 22.5 Å². The first-order valence-corrected chi connectivity index (χ1v) is 18.3. The summed E-state index contributed by atoms with van der Waals surface area (Å²) in [4.78, 5) is 21.0. The van der Waals surface area contributed by atoms with Crippen molar-refractivity contribution in [1.29, 1.82) is 0 Å². The van der Waals surface area contributed by atoms with Gasteiger partial charge >= 0.3 is 0 Å². The van der Waals surface area contributed by atoms with Crippen LogP contribution < -0.4 is 0 Å². The third kappa shape index (κ3) is 3.39. The van der Waals surface area contributed by atoms with Crippen molar-refractivity contribution in [3.63, 3.8) is 0 Å². The summed E-state index contributed by atoms with van der Waals surface area (Å²) in [5.41, 5.74) is 15.3. The molecule has 7 aromatic carbocycles. The van der Waals surface area contributed by atoms with Gasteiger partial charge in [0.15, 0.2) is 0 Å². The van der Waals surface area contributed by atoms with Crippen molar-refractivity contribution < 1.29 is 4.42 Å². The summed E-state index contributed by atoms with van der Waals surface area (Å²) in [5.74, 6) is 1.64. The number of fused-ring (bicyclic) bond motifs is 23. The van der Waals surface area contributed by atoms with Gasteiger partial charge in [0.2, 0.25) is 11.6 Å². The molecule has 14 rings (SSSR count). The van der Waals surface area contributed by atoms with E-state index >= 15 is 0 Å². The summed E-state index contributed by atoms with van der Waals surface area (Å²) in [6.45, 7) is 0. The molecule has 0 saturated heterocycles. The fourth-order valence-corrected chi connectivity index (χ4v) is 9.12. The molecule has 0 radical (unpaired) electrons. The molecule has 55 heavy (non-hydrogen) atoms. The average Bonchev–Trinajstić information content (AvgIpc) is 4.05. The van der Waals surface area contributed by atoms with Gasteiger partial charge in [-0.15, -0.1) is 0 Å². The lowest BCUT2D eigenvalue weighted by molar-refractivity contribution is 0.669. The third-order valence-corrected chi connectivity index (χ3v) is 11.5. The fraction of sp³-hybridized carbons (Fsp3) is 0. The summed E-state index contributed by atoms with van der Waals surface area (Å²) >= 11 is 0. The Morgan fingerprint density at radius 3 is 1.87 bits per heavy atom. The Morgan fingerprint density at radius 1 is 0.364 bits per heavy atom. The van der Waals surface area contributed by atoms with E-state index in [4.69, 9.17) is 24.4 Å². The van der Waals surface area contributed by atoms with Gasteiger partial charge in [-0.2, -0.15) is 0 Å². The average molecular weight is 705 g/mol. The first-order chi connectivity index (χ1) is 27.3. The zero-order valence-corrected chi connectivity index (χ0v) is 28.8. The first-order valence-electron chi connectivity index (χ1n) is 18.3. The van der Waals surface area contributed by atoms with Gasteiger partial charge in [0, 0.05) is 27.1 Å². The molecule has 0 amide bonds. The van der Waals surface area contributed by atoms with E-state index in [1.807, 2.05) is 24.3 Å². The molecular formula is C46H24N8O. The number of nitrogens with zero attached hydrogens (tertiary/aromatic N) is 8. The monoisotopic (exact) mass is 704 g/mol. The number of imidazole rings is 4. The van der Waals surface area contributed by atoms with Crippen LogP contribution in [-0.2, 0) is 0 Å². The highest BCUT2D eigenvalue weighted by Gasteiger charge is 2.22. The zero-order chi connectivity index (χ0) is 35.5. The highest BCUT2D eigenvalue weighted by atomic mass is 16.3.